The van der Waals surface area contributed by atoms with Crippen LogP contribution < -0.4 is 16.4 Å². The van der Waals surface area contributed by atoms with Crippen molar-refractivity contribution in [3.8, 4) is 11.8 Å². The predicted molar refractivity (Wildman–Crippen MR) is 142 cm³/mol. The number of hydrogen-bond donors (Lipinski definition) is 5. The Bertz CT molecular complexity index is 1280. The molecule has 1 unspecified atom stereocenters. The first-order chi connectivity index (χ1) is 19.4. The topological polar surface area (TPSA) is 190 Å². The molecular weight excluding hydrogens is 520 g/mol. The number of aliphatic hydroxyl groups is 2. The number of likely N-dealkylation sites (tertiary alicyclic amines) is 1. The Balaban J connectivity index is 1.19. The number of likely N-dealkylation sites (N-methyl/N-ethyl adjacent to an activating group) is 1. The predicted octanol–water partition coefficient (Wildman–Crippen LogP) is -0.636. The van der Waals surface area contributed by atoms with Crippen LogP contribution in [0.4, 0.5) is 10.6 Å². The van der Waals surface area contributed by atoms with Crippen LogP contribution >= 0.6 is 0 Å². The summed E-state index contributed by atoms with van der Waals surface area (Å²) in [6.45, 7) is 5.71. The summed E-state index contributed by atoms with van der Waals surface area (Å²) in [6, 6.07) is 0. The number of carbonyl (C=O) groups excluding carboxylic acids is 2. The van der Waals surface area contributed by atoms with Gasteiger partial charge in [0, 0.05) is 38.5 Å². The van der Waals surface area contributed by atoms with E-state index in [1.807, 2.05) is 0 Å². The van der Waals surface area contributed by atoms with Crippen molar-refractivity contribution in [1.82, 2.24) is 35.1 Å². The van der Waals surface area contributed by atoms with Crippen molar-refractivity contribution in [2.24, 2.45) is 11.8 Å². The van der Waals surface area contributed by atoms with Gasteiger partial charge in [-0.2, -0.15) is 0 Å². The second-order valence-corrected chi connectivity index (χ2v) is 10.5. The maximum absolute atomic E-state index is 12.4. The quantitative estimate of drug-likeness (QED) is 0.285. The van der Waals surface area contributed by atoms with Gasteiger partial charge in [-0.05, 0) is 44.6 Å². The molecule has 5 rings (SSSR count). The summed E-state index contributed by atoms with van der Waals surface area (Å²) in [5, 5.41) is 26.8. The number of imidazole rings is 1. The lowest BCUT2D eigenvalue weighted by molar-refractivity contribution is -0.137. The number of fused-ring (bicyclic) bond motifs is 1. The van der Waals surface area contributed by atoms with E-state index < -0.39 is 30.4 Å². The van der Waals surface area contributed by atoms with Crippen LogP contribution in [-0.4, -0.2) is 104 Å². The number of aliphatic hydroxyl groups excluding tert-OH is 2. The highest BCUT2D eigenvalue weighted by molar-refractivity contribution is 5.83. The summed E-state index contributed by atoms with van der Waals surface area (Å²) in [4.78, 5) is 39.3. The molecule has 2 aromatic rings. The van der Waals surface area contributed by atoms with Crippen LogP contribution in [0.3, 0.4) is 0 Å². The summed E-state index contributed by atoms with van der Waals surface area (Å²) in [7, 11) is 0. The van der Waals surface area contributed by atoms with Gasteiger partial charge in [0.15, 0.2) is 23.8 Å². The zero-order valence-electron chi connectivity index (χ0n) is 22.5. The minimum absolute atomic E-state index is 0.113. The third-order valence-electron chi connectivity index (χ3n) is 7.64. The Labute approximate surface area is 231 Å². The second-order valence-electron chi connectivity index (χ2n) is 10.5. The van der Waals surface area contributed by atoms with E-state index in [1.54, 1.807) is 11.8 Å². The Hall–Kier alpha value is -3.51. The first-order valence-corrected chi connectivity index (χ1v) is 13.8. The number of amides is 2. The molecule has 3 saturated heterocycles. The molecule has 5 atom stereocenters. The molecule has 0 aliphatic carbocycles. The molecule has 14 nitrogen and oxygen atoms in total. The number of ether oxygens (including phenoxy) is 2. The van der Waals surface area contributed by atoms with Crippen molar-refractivity contribution in [3.63, 3.8) is 0 Å². The van der Waals surface area contributed by atoms with E-state index in [0.717, 1.165) is 32.4 Å². The minimum atomic E-state index is -1.43. The monoisotopic (exact) mass is 556 g/mol. The van der Waals surface area contributed by atoms with E-state index in [1.165, 1.54) is 10.9 Å². The molecule has 0 spiro atoms. The molecule has 2 amide bonds. The number of piperidine rings is 1. The van der Waals surface area contributed by atoms with Gasteiger partial charge in [-0.1, -0.05) is 5.92 Å². The normalized spacial score (nSPS) is 27.0. The number of nitrogens with two attached hydrogens (primary N) is 1. The number of carbonyl (C=O) groups is 2. The highest BCUT2D eigenvalue weighted by atomic mass is 16.6. The molecule has 2 aromatic heterocycles. The average Bonchev–Trinajstić information content (AvgIpc) is 3.68. The number of nitrogens with zero attached hydrogens (tertiary/aromatic N) is 5. The van der Waals surface area contributed by atoms with Gasteiger partial charge in [0.25, 0.3) is 5.91 Å². The third kappa shape index (κ3) is 5.97. The summed E-state index contributed by atoms with van der Waals surface area (Å²) in [5.74, 6) is 6.59. The van der Waals surface area contributed by atoms with Crippen molar-refractivity contribution in [1.29, 1.82) is 0 Å². The fourth-order valence-electron chi connectivity index (χ4n) is 5.29. The summed E-state index contributed by atoms with van der Waals surface area (Å²) < 4.78 is 12.6. The van der Waals surface area contributed by atoms with Crippen LogP contribution in [0.1, 0.15) is 44.7 Å². The zero-order valence-corrected chi connectivity index (χ0v) is 22.5. The molecule has 0 radical (unpaired) electrons. The Morgan fingerprint density at radius 2 is 2.02 bits per heavy atom. The van der Waals surface area contributed by atoms with Gasteiger partial charge >= 0.3 is 6.09 Å². The van der Waals surface area contributed by atoms with Crippen molar-refractivity contribution >= 4 is 29.0 Å². The Morgan fingerprint density at radius 1 is 1.23 bits per heavy atom. The minimum Gasteiger partial charge on any atom is -0.449 e. The lowest BCUT2D eigenvalue weighted by Crippen LogP contribution is -2.42. The molecule has 6 N–H and O–H groups in total. The number of aromatic nitrogens is 4. The third-order valence-corrected chi connectivity index (χ3v) is 7.64. The lowest BCUT2D eigenvalue weighted by Gasteiger charge is -2.30. The van der Waals surface area contributed by atoms with Gasteiger partial charge in [0.1, 0.15) is 17.7 Å². The van der Waals surface area contributed by atoms with Gasteiger partial charge in [-0.25, -0.2) is 19.7 Å². The summed E-state index contributed by atoms with van der Waals surface area (Å²) in [6.07, 6.45) is -0.723. The van der Waals surface area contributed by atoms with E-state index in [9.17, 15) is 19.8 Å². The van der Waals surface area contributed by atoms with E-state index in [0.29, 0.717) is 50.0 Å². The molecule has 0 aromatic carbocycles. The maximum atomic E-state index is 12.4. The van der Waals surface area contributed by atoms with Gasteiger partial charge in [-0.15, -0.1) is 0 Å². The van der Waals surface area contributed by atoms with Crippen molar-refractivity contribution in [2.75, 3.05) is 45.1 Å². The van der Waals surface area contributed by atoms with Crippen molar-refractivity contribution in [3.05, 3.63) is 12.2 Å². The van der Waals surface area contributed by atoms with Crippen LogP contribution in [0.15, 0.2) is 6.33 Å². The second kappa shape index (κ2) is 12.3. The van der Waals surface area contributed by atoms with E-state index in [2.05, 4.69) is 37.4 Å². The Kier molecular flexibility index (Phi) is 8.65. The summed E-state index contributed by atoms with van der Waals surface area (Å²) >= 11 is 0. The number of anilines is 1. The SMILES string of the molecule is CCNC(=O)[C@@H]1O[C@H](n2cnc3c(N)nc(C#CCC4CCN(C(=O)OCC5CCNC5)CC4)nc32)[C@@H](O)[C@H]1O. The number of rotatable bonds is 6. The lowest BCUT2D eigenvalue weighted by atomic mass is 9.94. The first-order valence-electron chi connectivity index (χ1n) is 13.8. The molecule has 5 heterocycles. The molecule has 3 aliphatic heterocycles. The van der Waals surface area contributed by atoms with Crippen LogP contribution in [0.5, 0.6) is 0 Å². The summed E-state index contributed by atoms with van der Waals surface area (Å²) in [5.41, 5.74) is 6.67. The first kappa shape index (κ1) is 28.0. The molecule has 14 heteroatoms. The fourth-order valence-corrected chi connectivity index (χ4v) is 5.29. The van der Waals surface area contributed by atoms with Gasteiger partial charge in [0.2, 0.25) is 5.82 Å². The van der Waals surface area contributed by atoms with Gasteiger partial charge in [0.05, 0.1) is 12.9 Å². The highest BCUT2D eigenvalue weighted by Gasteiger charge is 2.47. The van der Waals surface area contributed by atoms with Gasteiger partial charge < -0.3 is 41.0 Å². The van der Waals surface area contributed by atoms with E-state index >= 15 is 0 Å². The van der Waals surface area contributed by atoms with E-state index in [4.69, 9.17) is 15.2 Å². The largest absolute Gasteiger partial charge is 0.449 e. The molecule has 0 bridgehead atoms. The Morgan fingerprint density at radius 3 is 2.75 bits per heavy atom. The van der Waals surface area contributed by atoms with Crippen molar-refractivity contribution in [2.45, 2.75) is 57.1 Å². The molecule has 40 heavy (non-hydrogen) atoms. The van der Waals surface area contributed by atoms with Crippen molar-refractivity contribution < 1.29 is 29.3 Å². The molecule has 0 saturated carbocycles. The molecule has 3 fully saturated rings. The zero-order chi connectivity index (χ0) is 28.2. The van der Waals surface area contributed by atoms with E-state index in [-0.39, 0.29) is 23.4 Å². The van der Waals surface area contributed by atoms with Crippen LogP contribution in [-0.2, 0) is 14.3 Å². The van der Waals surface area contributed by atoms with Crippen LogP contribution in [0, 0.1) is 23.7 Å². The van der Waals surface area contributed by atoms with Gasteiger partial charge in [-0.3, -0.25) is 9.36 Å². The number of nitrogen functional groups attached to an aromatic ring is 1. The molecule has 216 valence electrons. The average molecular weight is 557 g/mol. The number of hydrogen-bond acceptors (Lipinski definition) is 11. The van der Waals surface area contributed by atoms with Crippen LogP contribution in [0.2, 0.25) is 0 Å². The number of nitrogens with one attached hydrogen (secondary N) is 2. The molecular formula is C26H36N8O6. The highest BCUT2D eigenvalue weighted by Crippen LogP contribution is 2.32. The smallest absolute Gasteiger partial charge is 0.409 e. The molecule has 3 aliphatic rings. The standard InChI is InChI=1S/C26H36N8O6/c1-2-29-24(37)21-19(35)20(36)25(40-21)34-14-30-18-22(27)31-17(32-23(18)34)5-3-4-15-7-10-33(11-8-15)26(38)39-13-16-6-9-28-12-16/h14-16,19-21,25,28,35-36H,2,4,6-13H2,1H3,(H,29,37)(H2,27,31,32)/t16?,19-,20+,21-,25+/m1/s1. The maximum Gasteiger partial charge on any atom is 0.409 e. The fraction of sp³-hybridized carbons (Fsp3) is 0.654. The van der Waals surface area contributed by atoms with Crippen LogP contribution in [0.25, 0.3) is 11.2 Å².